The second-order valence-electron chi connectivity index (χ2n) is 7.80. The van der Waals surface area contributed by atoms with E-state index in [1.165, 1.54) is 10.8 Å². The fraction of sp³-hybridized carbons (Fsp3) is 0.207. The molecule has 0 unspecified atom stereocenters. The van der Waals surface area contributed by atoms with Crippen LogP contribution >= 0.6 is 0 Å². The van der Waals surface area contributed by atoms with Crippen LogP contribution < -0.4 is 4.74 Å². The standard InChI is InChI=1S/C29H28N2O/c1-3-31(4-2)17-18-32-26-15-13-22(14-16-26)25(21-30)20-29-27-11-7-5-9-23(27)19-24-10-6-8-12-28(24)29/h5-16,19-20H,3-4,17-18H2,1-2H3/b25-20+. The summed E-state index contributed by atoms with van der Waals surface area (Å²) in [5.41, 5.74) is 2.61. The van der Waals surface area contributed by atoms with Gasteiger partial charge in [-0.25, -0.2) is 0 Å². The first-order chi connectivity index (χ1) is 15.7. The Morgan fingerprint density at radius 3 is 2.03 bits per heavy atom. The summed E-state index contributed by atoms with van der Waals surface area (Å²) < 4.78 is 5.90. The molecule has 0 bridgehead atoms. The van der Waals surface area contributed by atoms with Crippen molar-refractivity contribution in [2.75, 3.05) is 26.2 Å². The van der Waals surface area contributed by atoms with Gasteiger partial charge in [0.1, 0.15) is 12.4 Å². The van der Waals surface area contributed by atoms with Crippen LogP contribution in [0.3, 0.4) is 0 Å². The minimum absolute atomic E-state index is 0.640. The van der Waals surface area contributed by atoms with Crippen LogP contribution in [0.4, 0.5) is 0 Å². The number of nitrogens with zero attached hydrogens (tertiary/aromatic N) is 2. The maximum absolute atomic E-state index is 9.96. The molecule has 3 nitrogen and oxygen atoms in total. The smallest absolute Gasteiger partial charge is 0.119 e. The third-order valence-corrected chi connectivity index (χ3v) is 5.96. The molecule has 0 fully saturated rings. The van der Waals surface area contributed by atoms with Crippen molar-refractivity contribution in [1.82, 2.24) is 4.90 Å². The van der Waals surface area contributed by atoms with E-state index in [-0.39, 0.29) is 0 Å². The molecule has 160 valence electrons. The van der Waals surface area contributed by atoms with Crippen molar-refractivity contribution in [3.05, 3.63) is 90.0 Å². The van der Waals surface area contributed by atoms with Gasteiger partial charge in [0.05, 0.1) is 11.6 Å². The number of fused-ring (bicyclic) bond motifs is 2. The Balaban J connectivity index is 1.65. The van der Waals surface area contributed by atoms with E-state index in [9.17, 15) is 5.26 Å². The third-order valence-electron chi connectivity index (χ3n) is 5.96. The third kappa shape index (κ3) is 4.66. The predicted molar refractivity (Wildman–Crippen MR) is 135 cm³/mol. The van der Waals surface area contributed by atoms with Gasteiger partial charge >= 0.3 is 0 Å². The molecule has 3 heteroatoms. The highest BCUT2D eigenvalue weighted by atomic mass is 16.5. The molecule has 4 aromatic carbocycles. The van der Waals surface area contributed by atoms with Gasteiger partial charge < -0.3 is 9.64 Å². The lowest BCUT2D eigenvalue weighted by atomic mass is 9.94. The summed E-state index contributed by atoms with van der Waals surface area (Å²) in [5.74, 6) is 0.828. The second-order valence-corrected chi connectivity index (χ2v) is 7.80. The number of likely N-dealkylation sites (N-methyl/N-ethyl adjacent to an activating group) is 1. The SMILES string of the molecule is CCN(CC)CCOc1ccc(/C(C#N)=C/c2c3ccccc3cc3ccccc23)cc1. The van der Waals surface area contributed by atoms with Gasteiger partial charge in [-0.15, -0.1) is 0 Å². The molecular weight excluding hydrogens is 392 g/mol. The molecule has 0 heterocycles. The first-order valence-corrected chi connectivity index (χ1v) is 11.2. The zero-order valence-electron chi connectivity index (χ0n) is 18.7. The molecule has 4 rings (SSSR count). The number of nitriles is 1. The fourth-order valence-electron chi connectivity index (χ4n) is 4.09. The lowest BCUT2D eigenvalue weighted by Crippen LogP contribution is -2.27. The maximum atomic E-state index is 9.96. The van der Waals surface area contributed by atoms with Crippen LogP contribution in [-0.4, -0.2) is 31.1 Å². The van der Waals surface area contributed by atoms with Crippen LogP contribution in [0.25, 0.3) is 33.2 Å². The van der Waals surface area contributed by atoms with Gasteiger partial charge in [-0.3, -0.25) is 0 Å². The zero-order valence-corrected chi connectivity index (χ0v) is 18.7. The highest BCUT2D eigenvalue weighted by Gasteiger charge is 2.09. The Morgan fingerprint density at radius 1 is 0.875 bits per heavy atom. The van der Waals surface area contributed by atoms with Crippen molar-refractivity contribution in [1.29, 1.82) is 5.26 Å². The summed E-state index contributed by atoms with van der Waals surface area (Å²) in [4.78, 5) is 2.33. The van der Waals surface area contributed by atoms with Gasteiger partial charge in [0, 0.05) is 6.54 Å². The summed E-state index contributed by atoms with van der Waals surface area (Å²) in [5, 5.41) is 14.6. The van der Waals surface area contributed by atoms with Gasteiger partial charge in [-0.1, -0.05) is 62.4 Å². The van der Waals surface area contributed by atoms with Gasteiger partial charge in [0.2, 0.25) is 0 Å². The number of benzene rings is 4. The van der Waals surface area contributed by atoms with E-state index in [1.807, 2.05) is 42.5 Å². The average Bonchev–Trinajstić information content (AvgIpc) is 2.85. The minimum Gasteiger partial charge on any atom is -0.492 e. The maximum Gasteiger partial charge on any atom is 0.119 e. The number of allylic oxidation sites excluding steroid dienone is 1. The monoisotopic (exact) mass is 420 g/mol. The summed E-state index contributed by atoms with van der Waals surface area (Å²) >= 11 is 0. The molecular formula is C29H28N2O. The van der Waals surface area contributed by atoms with Crippen LogP contribution in [-0.2, 0) is 0 Å². The van der Waals surface area contributed by atoms with E-state index in [4.69, 9.17) is 4.74 Å². The number of hydrogen-bond donors (Lipinski definition) is 0. The summed E-state index contributed by atoms with van der Waals surface area (Å²) in [7, 11) is 0. The zero-order chi connectivity index (χ0) is 22.3. The molecule has 0 spiro atoms. The van der Waals surface area contributed by atoms with Crippen LogP contribution in [0.1, 0.15) is 25.0 Å². The van der Waals surface area contributed by atoms with E-state index in [0.717, 1.165) is 47.3 Å². The molecule has 0 amide bonds. The lowest BCUT2D eigenvalue weighted by Gasteiger charge is -2.18. The van der Waals surface area contributed by atoms with Crippen molar-refractivity contribution in [2.45, 2.75) is 13.8 Å². The van der Waals surface area contributed by atoms with E-state index in [0.29, 0.717) is 12.2 Å². The molecule has 0 aliphatic carbocycles. The molecule has 0 aliphatic heterocycles. The predicted octanol–water partition coefficient (Wildman–Crippen LogP) is 6.78. The highest BCUT2D eigenvalue weighted by molar-refractivity contribution is 6.10. The van der Waals surface area contributed by atoms with Crippen LogP contribution in [0, 0.1) is 11.3 Å². The first-order valence-electron chi connectivity index (χ1n) is 11.2. The van der Waals surface area contributed by atoms with E-state index in [1.54, 1.807) is 0 Å². The second kappa shape index (κ2) is 10.1. The molecule has 0 saturated carbocycles. The normalized spacial score (nSPS) is 11.8. The molecule has 4 aromatic rings. The van der Waals surface area contributed by atoms with Crippen LogP contribution in [0.15, 0.2) is 78.9 Å². The van der Waals surface area contributed by atoms with Gasteiger partial charge in [0.15, 0.2) is 0 Å². The Hall–Kier alpha value is -3.61. The molecule has 0 saturated heterocycles. The molecule has 0 aliphatic rings. The van der Waals surface area contributed by atoms with Crippen molar-refractivity contribution in [3.8, 4) is 11.8 Å². The van der Waals surface area contributed by atoms with Crippen molar-refractivity contribution < 1.29 is 4.74 Å². The largest absolute Gasteiger partial charge is 0.492 e. The van der Waals surface area contributed by atoms with E-state index < -0.39 is 0 Å². The molecule has 0 radical (unpaired) electrons. The minimum atomic E-state index is 0.640. The molecule has 0 N–H and O–H groups in total. The first kappa shape index (κ1) is 21.6. The molecule has 0 aromatic heterocycles. The van der Waals surface area contributed by atoms with Crippen molar-refractivity contribution in [3.63, 3.8) is 0 Å². The van der Waals surface area contributed by atoms with Crippen molar-refractivity contribution >= 4 is 33.2 Å². The summed E-state index contributed by atoms with van der Waals surface area (Å²) in [6, 6.07) is 29.1. The summed E-state index contributed by atoms with van der Waals surface area (Å²) in [6.45, 7) is 7.94. The lowest BCUT2D eigenvalue weighted by molar-refractivity contribution is 0.223. The molecule has 32 heavy (non-hydrogen) atoms. The quantitative estimate of drug-likeness (QED) is 0.179. The number of rotatable bonds is 8. The van der Waals surface area contributed by atoms with Crippen LogP contribution in [0.5, 0.6) is 5.75 Å². The molecule has 0 atom stereocenters. The average molecular weight is 421 g/mol. The summed E-state index contributed by atoms with van der Waals surface area (Å²) in [6.07, 6.45) is 2.01. The topological polar surface area (TPSA) is 36.3 Å². The highest BCUT2D eigenvalue weighted by Crippen LogP contribution is 2.32. The number of ether oxygens (including phenoxy) is 1. The van der Waals surface area contributed by atoms with E-state index in [2.05, 4.69) is 67.3 Å². The Labute approximate surface area is 190 Å². The Kier molecular flexibility index (Phi) is 6.84. The fourth-order valence-corrected chi connectivity index (χ4v) is 4.09. The van der Waals surface area contributed by atoms with Crippen molar-refractivity contribution in [2.24, 2.45) is 0 Å². The van der Waals surface area contributed by atoms with Crippen LogP contribution in [0.2, 0.25) is 0 Å². The van der Waals surface area contributed by atoms with E-state index >= 15 is 0 Å². The number of hydrogen-bond acceptors (Lipinski definition) is 3. The van der Waals surface area contributed by atoms with Gasteiger partial charge in [0.25, 0.3) is 0 Å². The Bertz CT molecular complexity index is 1220. The van der Waals surface area contributed by atoms with Gasteiger partial charge in [-0.05, 0) is 82.2 Å². The van der Waals surface area contributed by atoms with Gasteiger partial charge in [-0.2, -0.15) is 5.26 Å². The Morgan fingerprint density at radius 2 is 1.47 bits per heavy atom.